The maximum absolute atomic E-state index is 15.4. The molecule has 0 aliphatic rings. The maximum Gasteiger partial charge on any atom is 0.327 e. The Kier molecular flexibility index (Phi) is 39.8. The number of aliphatic hydroxyl groups is 3. The monoisotopic (exact) mass is 1610 g/mol. The average molecular weight is 1610 g/mol. The number of primary amides is 1. The molecule has 4 aromatic carbocycles. The van der Waals surface area contributed by atoms with Gasteiger partial charge in [-0.3, -0.25) is 67.6 Å². The number of H-pyrrole nitrogens is 1. The molecular formula is C75H106N18O18S2. The van der Waals surface area contributed by atoms with Gasteiger partial charge in [0.2, 0.25) is 76.8 Å². The Morgan fingerprint density at radius 3 is 1.17 bits per heavy atom. The predicted molar refractivity (Wildman–Crippen MR) is 423 cm³/mol. The van der Waals surface area contributed by atoms with Crippen molar-refractivity contribution in [3.8, 4) is 0 Å². The molecule has 616 valence electrons. The second kappa shape index (κ2) is 48.4. The first-order valence-corrected chi connectivity index (χ1v) is 38.1. The topological polar surface area (TPSA) is 596 Å². The second-order valence-electron chi connectivity index (χ2n) is 27.1. The number of carboxylic acids is 1. The van der Waals surface area contributed by atoms with Crippen molar-refractivity contribution in [2.75, 3.05) is 37.7 Å². The molecule has 5 rings (SSSR count). The van der Waals surface area contributed by atoms with Crippen molar-refractivity contribution < 1.29 is 87.5 Å². The standard InChI is InChI=1S/C75H106N18O18S2/c1-41(95)62(73(108)89-54(33-46-23-11-6-12-24-46)70(105)93-63(42(2)96)74(109)90-57(38-94)71(106)91-59(40-113)75(110)111)92-65(100)51(28-16-18-30-77)83-68(103)55(34-47-36-81-49-26-14-13-25-48(47)49)87-67(102)53(32-45-21-9-5-10-22-45)85-66(101)52(31-44-19-7-4-8-20-44)86-69(104)56(35-60(79)97)88-64(99)50(27-15-17-29-76)84-72(107)58(39-112)82-61(98)37-80-43(3)78/h4-14,19-26,36,41-43,50-59,62-63,80-81,94-96,112-113H,15-18,27-35,37-40,76-78H2,1-3H3,(H2,79,97)(H,82,98)(H,83,103)(H,84,107)(H,85,101)(H,86,104)(H,87,102)(H,88,99)(H,89,108)(H,90,109)(H,91,106)(H,92,100)(H,93,105)(H,110,111)/t41?,42?,43?,50-,51-,52-,53-,54-,55+,56-,57?,58-,59-,62-,63-/m0/s1. The summed E-state index contributed by atoms with van der Waals surface area (Å²) in [5.41, 5.74) is 25.6. The molecule has 0 spiro atoms. The minimum Gasteiger partial charge on any atom is -0.480 e. The van der Waals surface area contributed by atoms with E-state index in [-0.39, 0.29) is 82.5 Å². The number of aromatic nitrogens is 1. The zero-order valence-corrected chi connectivity index (χ0v) is 64.7. The maximum atomic E-state index is 15.4. The number of carboxylic acid groups (broad SMARTS) is 1. The van der Waals surface area contributed by atoms with E-state index >= 15 is 14.4 Å². The number of para-hydroxylation sites is 1. The molecule has 0 bridgehead atoms. The number of thiol groups is 2. The van der Waals surface area contributed by atoms with Crippen LogP contribution in [0.15, 0.2) is 121 Å². The predicted octanol–water partition coefficient (Wildman–Crippen LogP) is -5.02. The van der Waals surface area contributed by atoms with Gasteiger partial charge in [-0.25, -0.2) is 4.79 Å². The van der Waals surface area contributed by atoms with Crippen molar-refractivity contribution in [3.63, 3.8) is 0 Å². The fourth-order valence-electron chi connectivity index (χ4n) is 11.7. The van der Waals surface area contributed by atoms with Crippen molar-refractivity contribution in [1.82, 2.24) is 74.1 Å². The Hall–Kier alpha value is -10.6. The van der Waals surface area contributed by atoms with E-state index in [1.165, 1.54) is 0 Å². The lowest BCUT2D eigenvalue weighted by atomic mass is 10.00. The van der Waals surface area contributed by atoms with Gasteiger partial charge in [0, 0.05) is 54.3 Å². The van der Waals surface area contributed by atoms with Crippen LogP contribution in [0.3, 0.4) is 0 Å². The lowest BCUT2D eigenvalue weighted by molar-refractivity contribution is -0.142. The van der Waals surface area contributed by atoms with Crippen LogP contribution in [0.5, 0.6) is 0 Å². The third-order valence-electron chi connectivity index (χ3n) is 17.8. The van der Waals surface area contributed by atoms with Crippen molar-refractivity contribution in [1.29, 1.82) is 0 Å². The summed E-state index contributed by atoms with van der Waals surface area (Å²) in [6.45, 7) is 2.89. The number of aliphatic hydroxyl groups excluding tert-OH is 3. The van der Waals surface area contributed by atoms with Gasteiger partial charge in [-0.05, 0) is 101 Å². The highest BCUT2D eigenvalue weighted by Crippen LogP contribution is 2.21. The van der Waals surface area contributed by atoms with Crippen LogP contribution in [0.4, 0.5) is 0 Å². The third-order valence-corrected chi connectivity index (χ3v) is 18.6. The number of hydrogen-bond donors (Lipinski definition) is 24. The summed E-state index contributed by atoms with van der Waals surface area (Å²) < 4.78 is 0. The quantitative estimate of drug-likeness (QED) is 0.00985. The van der Waals surface area contributed by atoms with Gasteiger partial charge >= 0.3 is 5.97 Å². The number of nitrogens with two attached hydrogens (primary N) is 4. The van der Waals surface area contributed by atoms with Crippen LogP contribution in [0.1, 0.15) is 88.0 Å². The highest BCUT2D eigenvalue weighted by atomic mass is 32.1. The van der Waals surface area contributed by atoms with E-state index in [2.05, 4.69) is 99.4 Å². The van der Waals surface area contributed by atoms with Crippen LogP contribution in [-0.2, 0) is 92.8 Å². The number of rotatable bonds is 50. The van der Waals surface area contributed by atoms with E-state index in [4.69, 9.17) is 22.9 Å². The Labute approximate surface area is 664 Å². The number of fused-ring (bicyclic) bond motifs is 1. The number of benzene rings is 4. The third kappa shape index (κ3) is 31.5. The number of nitrogens with one attached hydrogen (secondary N) is 14. The molecule has 0 saturated carbocycles. The summed E-state index contributed by atoms with van der Waals surface area (Å²) in [7, 11) is 0. The zero-order chi connectivity index (χ0) is 83.3. The van der Waals surface area contributed by atoms with Gasteiger partial charge in [0.25, 0.3) is 0 Å². The summed E-state index contributed by atoms with van der Waals surface area (Å²) >= 11 is 8.12. The second-order valence-corrected chi connectivity index (χ2v) is 27.8. The van der Waals surface area contributed by atoms with Crippen LogP contribution in [0.2, 0.25) is 0 Å². The Balaban J connectivity index is 1.48. The van der Waals surface area contributed by atoms with Gasteiger partial charge in [0.05, 0.1) is 37.9 Å². The molecule has 113 heavy (non-hydrogen) atoms. The molecule has 0 aliphatic carbocycles. The largest absolute Gasteiger partial charge is 0.480 e. The Morgan fingerprint density at radius 1 is 0.416 bits per heavy atom. The van der Waals surface area contributed by atoms with E-state index < -0.39 is 187 Å². The lowest BCUT2D eigenvalue weighted by Gasteiger charge is -2.29. The number of carbonyl (C=O) groups excluding carboxylic acids is 13. The number of aliphatic carboxylic acids is 1. The molecule has 4 unspecified atom stereocenters. The fraction of sp³-hybridized carbons (Fsp3) is 0.467. The molecule has 0 aliphatic heterocycles. The van der Waals surface area contributed by atoms with Gasteiger partial charge < -0.3 is 112 Å². The van der Waals surface area contributed by atoms with Crippen molar-refractivity contribution in [3.05, 3.63) is 144 Å². The molecule has 1 heterocycles. The van der Waals surface area contributed by atoms with Crippen LogP contribution >= 0.6 is 25.3 Å². The number of hydrogen-bond acceptors (Lipinski definition) is 23. The highest BCUT2D eigenvalue weighted by molar-refractivity contribution is 7.80. The number of carbonyl (C=O) groups is 14. The van der Waals surface area contributed by atoms with Gasteiger partial charge in [0.1, 0.15) is 72.5 Å². The molecule has 26 N–H and O–H groups in total. The van der Waals surface area contributed by atoms with E-state index in [0.717, 1.165) is 13.8 Å². The summed E-state index contributed by atoms with van der Waals surface area (Å²) in [4.78, 5) is 199. The molecule has 36 nitrogen and oxygen atoms in total. The van der Waals surface area contributed by atoms with Crippen LogP contribution in [0.25, 0.3) is 10.9 Å². The first-order valence-electron chi connectivity index (χ1n) is 36.8. The lowest BCUT2D eigenvalue weighted by Crippen LogP contribution is -2.63. The minimum absolute atomic E-state index is 0.0337. The number of unbranched alkanes of at least 4 members (excludes halogenated alkanes) is 2. The normalized spacial score (nSPS) is 15.2. The average Bonchev–Trinajstić information content (AvgIpc) is 1.56. The summed E-state index contributed by atoms with van der Waals surface area (Å²) in [6.07, 6.45) is -3.32. The molecule has 15 atom stereocenters. The molecule has 5 aromatic rings. The zero-order valence-electron chi connectivity index (χ0n) is 62.9. The molecule has 0 fully saturated rings. The van der Waals surface area contributed by atoms with Gasteiger partial charge in [-0.15, -0.1) is 0 Å². The number of amides is 13. The first kappa shape index (κ1) is 93.0. The van der Waals surface area contributed by atoms with Gasteiger partial charge in [-0.2, -0.15) is 25.3 Å². The fourth-order valence-corrected chi connectivity index (χ4v) is 12.2. The molecule has 13 amide bonds. The summed E-state index contributed by atoms with van der Waals surface area (Å²) in [5, 5.41) is 74.9. The highest BCUT2D eigenvalue weighted by Gasteiger charge is 2.39. The van der Waals surface area contributed by atoms with Crippen LogP contribution in [-0.4, -0.2) is 237 Å². The smallest absolute Gasteiger partial charge is 0.327 e. The van der Waals surface area contributed by atoms with E-state index in [1.54, 1.807) is 128 Å². The molecule has 38 heteroatoms. The van der Waals surface area contributed by atoms with Gasteiger partial charge in [0.15, 0.2) is 0 Å². The molecule has 1 aromatic heterocycles. The molecular weight excluding hydrogens is 1510 g/mol. The summed E-state index contributed by atoms with van der Waals surface area (Å²) in [5.74, 6) is -15.2. The van der Waals surface area contributed by atoms with Crippen LogP contribution < -0.4 is 92.1 Å². The minimum atomic E-state index is -1.90. The molecule has 0 radical (unpaired) electrons. The van der Waals surface area contributed by atoms with Gasteiger partial charge in [-0.1, -0.05) is 109 Å². The van der Waals surface area contributed by atoms with Crippen molar-refractivity contribution >= 4 is 119 Å². The van der Waals surface area contributed by atoms with E-state index in [9.17, 15) is 73.2 Å². The Morgan fingerprint density at radius 2 is 0.761 bits per heavy atom. The Bertz CT molecular complexity index is 3980. The van der Waals surface area contributed by atoms with Crippen molar-refractivity contribution in [2.24, 2.45) is 22.9 Å². The van der Waals surface area contributed by atoms with Crippen LogP contribution in [0, 0.1) is 0 Å². The summed E-state index contributed by atoms with van der Waals surface area (Å²) in [6, 6.07) is 12.3. The number of aromatic amines is 1. The molecule has 0 saturated heterocycles. The van der Waals surface area contributed by atoms with Crippen molar-refractivity contribution in [2.45, 2.75) is 182 Å². The van der Waals surface area contributed by atoms with E-state index in [1.807, 2.05) is 0 Å². The first-order chi connectivity index (χ1) is 53.9. The SMILES string of the molecule is CC(N)NCC(=O)N[C@@H](CS)C(=O)N[C@@H](CCCCN)C(=O)N[C@@H](CC(N)=O)C(=O)N[C@@H](Cc1ccccc1)C(=O)N[C@@H](Cc1ccccc1)C(=O)N[C@H](Cc1c[nH]c2ccccc12)C(=O)N[C@@H](CCCCN)C(=O)N[C@H](C(=O)N[C@@H](Cc1ccccc1)C(=O)N[C@H](C(=O)NC(CO)C(=O)N[C@@H](CS)C(=O)O)C(C)O)C(C)O. The van der Waals surface area contributed by atoms with E-state index in [0.29, 0.717) is 46.0 Å².